The van der Waals surface area contributed by atoms with Crippen molar-refractivity contribution in [3.05, 3.63) is 21.9 Å². The van der Waals surface area contributed by atoms with Crippen LogP contribution in [-0.2, 0) is 11.2 Å². The minimum atomic E-state index is 0.117. The van der Waals surface area contributed by atoms with Crippen molar-refractivity contribution < 1.29 is 4.79 Å². The van der Waals surface area contributed by atoms with Crippen LogP contribution in [0.15, 0.2) is 11.4 Å². The summed E-state index contributed by atoms with van der Waals surface area (Å²) in [6, 6.07) is 2.15. The number of carbonyl (C=O) groups excluding carboxylic acids is 1. The lowest BCUT2D eigenvalue weighted by molar-refractivity contribution is -0.134. The summed E-state index contributed by atoms with van der Waals surface area (Å²) in [6.45, 7) is 1.67. The lowest BCUT2D eigenvalue weighted by Crippen LogP contribution is -2.41. The fraction of sp³-hybridized carbons (Fsp3) is 0.643. The maximum absolute atomic E-state index is 12.6. The quantitative estimate of drug-likeness (QED) is 0.724. The van der Waals surface area contributed by atoms with E-state index in [4.69, 9.17) is 11.6 Å². The number of fused-ring (bicyclic) bond motifs is 1. The molecule has 1 atom stereocenters. The lowest BCUT2D eigenvalue weighted by atomic mass is 9.86. The van der Waals surface area contributed by atoms with E-state index in [0.717, 1.165) is 45.2 Å². The molecule has 0 N–H and O–H groups in total. The predicted octanol–water partition coefficient (Wildman–Crippen LogP) is 3.40. The topological polar surface area (TPSA) is 20.3 Å². The Morgan fingerprint density at radius 2 is 2.11 bits per heavy atom. The van der Waals surface area contributed by atoms with E-state index in [9.17, 15) is 4.79 Å². The first-order chi connectivity index (χ1) is 8.75. The van der Waals surface area contributed by atoms with Gasteiger partial charge in [0.05, 0.1) is 5.92 Å². The highest BCUT2D eigenvalue weighted by Gasteiger charge is 2.32. The van der Waals surface area contributed by atoms with Gasteiger partial charge in [-0.3, -0.25) is 4.79 Å². The number of amides is 1. The maximum atomic E-state index is 12.6. The molecule has 1 aromatic rings. The number of halogens is 1. The summed E-state index contributed by atoms with van der Waals surface area (Å²) in [6.07, 6.45) is 5.20. The van der Waals surface area contributed by atoms with E-state index < -0.39 is 0 Å². The molecule has 0 radical (unpaired) electrons. The molecule has 1 fully saturated rings. The third-order valence-electron chi connectivity index (χ3n) is 4.09. The van der Waals surface area contributed by atoms with Gasteiger partial charge in [-0.25, -0.2) is 0 Å². The first kappa shape index (κ1) is 12.5. The summed E-state index contributed by atoms with van der Waals surface area (Å²) < 4.78 is 0. The lowest BCUT2D eigenvalue weighted by Gasteiger charge is -2.33. The van der Waals surface area contributed by atoms with Crippen molar-refractivity contribution in [2.24, 2.45) is 0 Å². The molecule has 98 valence electrons. The second-order valence-corrected chi connectivity index (χ2v) is 6.86. The van der Waals surface area contributed by atoms with Gasteiger partial charge in [0.25, 0.3) is 0 Å². The molecule has 4 heteroatoms. The highest BCUT2D eigenvalue weighted by Crippen LogP contribution is 2.36. The number of carbonyl (C=O) groups is 1. The number of hydrogen-bond acceptors (Lipinski definition) is 2. The van der Waals surface area contributed by atoms with Crippen molar-refractivity contribution in [1.82, 2.24) is 4.90 Å². The monoisotopic (exact) mass is 283 g/mol. The summed E-state index contributed by atoms with van der Waals surface area (Å²) >= 11 is 7.90. The van der Waals surface area contributed by atoms with Crippen LogP contribution in [0.3, 0.4) is 0 Å². The van der Waals surface area contributed by atoms with E-state index in [2.05, 4.69) is 11.4 Å². The van der Waals surface area contributed by atoms with Gasteiger partial charge in [0.15, 0.2) is 0 Å². The number of likely N-dealkylation sites (tertiary alicyclic amines) is 1. The summed E-state index contributed by atoms with van der Waals surface area (Å²) in [5.74, 6) is 0.449. The highest BCUT2D eigenvalue weighted by molar-refractivity contribution is 7.10. The normalized spacial score (nSPS) is 24.9. The largest absolute Gasteiger partial charge is 0.342 e. The minimum Gasteiger partial charge on any atom is -0.342 e. The van der Waals surface area contributed by atoms with Crippen LogP contribution in [0.4, 0.5) is 0 Å². The first-order valence-corrected chi connectivity index (χ1v) is 8.06. The van der Waals surface area contributed by atoms with Crippen LogP contribution in [0.25, 0.3) is 0 Å². The van der Waals surface area contributed by atoms with Crippen LogP contribution < -0.4 is 0 Å². The van der Waals surface area contributed by atoms with Crippen molar-refractivity contribution in [2.75, 3.05) is 13.1 Å². The van der Waals surface area contributed by atoms with Gasteiger partial charge in [0.1, 0.15) is 0 Å². The molecule has 2 heterocycles. The second-order valence-electron chi connectivity index (χ2n) is 5.24. The summed E-state index contributed by atoms with van der Waals surface area (Å²) in [5, 5.41) is 2.39. The molecule has 0 aromatic carbocycles. The van der Waals surface area contributed by atoms with Crippen molar-refractivity contribution in [1.29, 1.82) is 0 Å². The van der Waals surface area contributed by atoms with E-state index in [-0.39, 0.29) is 11.3 Å². The van der Waals surface area contributed by atoms with Crippen molar-refractivity contribution in [3.8, 4) is 0 Å². The van der Waals surface area contributed by atoms with E-state index >= 15 is 0 Å². The van der Waals surface area contributed by atoms with E-state index in [0.29, 0.717) is 5.91 Å². The predicted molar refractivity (Wildman–Crippen MR) is 75.5 cm³/mol. The molecule has 1 unspecified atom stereocenters. The Kier molecular flexibility index (Phi) is 3.62. The molecular formula is C14H18ClNOS. The smallest absolute Gasteiger partial charge is 0.230 e. The SMILES string of the molecule is O=C(C1CCCc2sccc21)N1CCC(Cl)CC1. The molecule has 18 heavy (non-hydrogen) atoms. The Hall–Kier alpha value is -0.540. The van der Waals surface area contributed by atoms with E-state index in [1.165, 1.54) is 10.4 Å². The molecule has 1 aliphatic carbocycles. The highest BCUT2D eigenvalue weighted by atomic mass is 35.5. The molecule has 2 aliphatic rings. The number of alkyl halides is 1. The molecule has 0 spiro atoms. The number of rotatable bonds is 1. The molecule has 1 aliphatic heterocycles. The van der Waals surface area contributed by atoms with Crippen LogP contribution >= 0.6 is 22.9 Å². The number of nitrogens with zero attached hydrogens (tertiary/aromatic N) is 1. The number of piperidine rings is 1. The summed E-state index contributed by atoms with van der Waals surface area (Å²) in [7, 11) is 0. The molecule has 0 bridgehead atoms. The fourth-order valence-electron chi connectivity index (χ4n) is 3.03. The number of hydrogen-bond donors (Lipinski definition) is 0. The first-order valence-electron chi connectivity index (χ1n) is 6.75. The fourth-order valence-corrected chi connectivity index (χ4v) is 4.21. The average molecular weight is 284 g/mol. The zero-order chi connectivity index (χ0) is 12.5. The zero-order valence-corrected chi connectivity index (χ0v) is 12.0. The second kappa shape index (κ2) is 5.22. The molecule has 0 saturated carbocycles. The van der Waals surface area contributed by atoms with Gasteiger partial charge < -0.3 is 4.90 Å². The molecule has 1 saturated heterocycles. The third-order valence-corrected chi connectivity index (χ3v) is 5.52. The van der Waals surface area contributed by atoms with Crippen LogP contribution in [0.5, 0.6) is 0 Å². The van der Waals surface area contributed by atoms with Crippen molar-refractivity contribution in [3.63, 3.8) is 0 Å². The van der Waals surface area contributed by atoms with Crippen LogP contribution in [-0.4, -0.2) is 29.3 Å². The Morgan fingerprint density at radius 1 is 1.33 bits per heavy atom. The number of thiophene rings is 1. The zero-order valence-electron chi connectivity index (χ0n) is 10.4. The molecule has 1 aromatic heterocycles. The third kappa shape index (κ3) is 2.30. The Labute approximate surface area is 117 Å². The van der Waals surface area contributed by atoms with Crippen LogP contribution in [0, 0.1) is 0 Å². The van der Waals surface area contributed by atoms with Crippen LogP contribution in [0.1, 0.15) is 42.0 Å². The Balaban J connectivity index is 1.74. The maximum Gasteiger partial charge on any atom is 0.230 e. The molecule has 3 rings (SSSR count). The van der Waals surface area contributed by atoms with Gasteiger partial charge in [-0.15, -0.1) is 22.9 Å². The molecule has 1 amide bonds. The van der Waals surface area contributed by atoms with Crippen molar-refractivity contribution in [2.45, 2.75) is 43.4 Å². The van der Waals surface area contributed by atoms with Crippen LogP contribution in [0.2, 0.25) is 0 Å². The van der Waals surface area contributed by atoms with E-state index in [1.54, 1.807) is 11.3 Å². The van der Waals surface area contributed by atoms with Crippen molar-refractivity contribution >= 4 is 28.8 Å². The Morgan fingerprint density at radius 3 is 2.89 bits per heavy atom. The number of aryl methyl sites for hydroxylation is 1. The van der Waals surface area contributed by atoms with E-state index in [1.807, 2.05) is 4.90 Å². The molecular weight excluding hydrogens is 266 g/mol. The minimum absolute atomic E-state index is 0.117. The summed E-state index contributed by atoms with van der Waals surface area (Å²) in [5.41, 5.74) is 1.30. The van der Waals surface area contributed by atoms with Gasteiger partial charge in [0.2, 0.25) is 5.91 Å². The van der Waals surface area contributed by atoms with Gasteiger partial charge >= 0.3 is 0 Å². The van der Waals surface area contributed by atoms with Gasteiger partial charge in [-0.2, -0.15) is 0 Å². The standard InChI is InChI=1S/C14H18ClNOS/c15-10-4-7-16(8-5-10)14(17)12-2-1-3-13-11(12)6-9-18-13/h6,9-10,12H,1-5,7-8H2. The Bertz CT molecular complexity index is 437. The summed E-state index contributed by atoms with van der Waals surface area (Å²) in [4.78, 5) is 16.1. The average Bonchev–Trinajstić information content (AvgIpc) is 2.87. The van der Waals surface area contributed by atoms with Gasteiger partial charge in [-0.05, 0) is 49.1 Å². The van der Waals surface area contributed by atoms with Gasteiger partial charge in [0, 0.05) is 23.3 Å². The van der Waals surface area contributed by atoms with Gasteiger partial charge in [-0.1, -0.05) is 0 Å². The molecule has 2 nitrogen and oxygen atoms in total.